The number of fused-ring (bicyclic) bond motifs is 1. The molecule has 3 rings (SSSR count). The number of nitrogens with one attached hydrogen (secondary N) is 2. The summed E-state index contributed by atoms with van der Waals surface area (Å²) in [5, 5.41) is 6.45. The lowest BCUT2D eigenvalue weighted by atomic mass is 10.0. The predicted octanol–water partition coefficient (Wildman–Crippen LogP) is 2.73. The fraction of sp³-hybridized carbons (Fsp3) is 0.562. The summed E-state index contributed by atoms with van der Waals surface area (Å²) in [6.45, 7) is 1.29. The maximum Gasteiger partial charge on any atom is 0.233 e. The van der Waals surface area contributed by atoms with Gasteiger partial charge < -0.3 is 10.6 Å². The summed E-state index contributed by atoms with van der Waals surface area (Å²) in [4.78, 5) is 13.2. The second-order valence-corrected chi connectivity index (χ2v) is 6.85. The second kappa shape index (κ2) is 6.64. The maximum absolute atomic E-state index is 11.8. The number of hydrogen-bond acceptors (Lipinski definition) is 3. The molecule has 1 fully saturated rings. The van der Waals surface area contributed by atoms with E-state index in [1.807, 2.05) is 11.8 Å². The molecule has 2 N–H and O–H groups in total. The van der Waals surface area contributed by atoms with Crippen molar-refractivity contribution in [1.82, 2.24) is 10.6 Å². The number of benzene rings is 1. The molecule has 0 spiro atoms. The van der Waals surface area contributed by atoms with Crippen LogP contribution in [0.4, 0.5) is 0 Å². The topological polar surface area (TPSA) is 41.1 Å². The smallest absolute Gasteiger partial charge is 0.233 e. The molecule has 0 saturated heterocycles. The normalized spacial score (nSPS) is 21.9. The third-order valence-electron chi connectivity index (χ3n) is 3.98. The first-order chi connectivity index (χ1) is 9.83. The Morgan fingerprint density at radius 2 is 2.10 bits per heavy atom. The highest BCUT2D eigenvalue weighted by Gasteiger charge is 2.22. The van der Waals surface area contributed by atoms with Crippen LogP contribution >= 0.6 is 11.8 Å². The summed E-state index contributed by atoms with van der Waals surface area (Å²) in [7, 11) is 0. The number of rotatable bonds is 5. The van der Waals surface area contributed by atoms with E-state index in [1.165, 1.54) is 35.5 Å². The van der Waals surface area contributed by atoms with Gasteiger partial charge in [-0.3, -0.25) is 4.79 Å². The average Bonchev–Trinajstić information content (AvgIpc) is 3.30. The SMILES string of the molecule is O=C(CNC1CCCSc2ccccc21)NCC1CC1. The fourth-order valence-electron chi connectivity index (χ4n) is 2.60. The maximum atomic E-state index is 11.8. The van der Waals surface area contributed by atoms with Crippen molar-refractivity contribution < 1.29 is 4.79 Å². The van der Waals surface area contributed by atoms with E-state index in [0.717, 1.165) is 18.9 Å². The molecular formula is C16H22N2OS. The quantitative estimate of drug-likeness (QED) is 0.876. The van der Waals surface area contributed by atoms with E-state index in [0.29, 0.717) is 12.6 Å². The summed E-state index contributed by atoms with van der Waals surface area (Å²) in [5.74, 6) is 2.04. The van der Waals surface area contributed by atoms with Crippen LogP contribution in [0.5, 0.6) is 0 Å². The number of hydrogen-bond donors (Lipinski definition) is 2. The highest BCUT2D eigenvalue weighted by molar-refractivity contribution is 7.99. The molecule has 108 valence electrons. The fourth-order valence-corrected chi connectivity index (χ4v) is 3.68. The van der Waals surface area contributed by atoms with Gasteiger partial charge in [-0.05, 0) is 49.0 Å². The van der Waals surface area contributed by atoms with E-state index in [2.05, 4.69) is 34.9 Å². The zero-order valence-corrected chi connectivity index (χ0v) is 12.5. The number of carbonyl (C=O) groups excluding carboxylic acids is 1. The molecule has 0 aromatic heterocycles. The standard InChI is InChI=1S/C16H22N2OS/c19-16(18-10-12-7-8-12)11-17-14-5-3-9-20-15-6-2-1-4-13(14)15/h1-2,4,6,12,14,17H,3,5,7-11H2,(H,18,19). The minimum Gasteiger partial charge on any atom is -0.355 e. The summed E-state index contributed by atoms with van der Waals surface area (Å²) >= 11 is 1.93. The van der Waals surface area contributed by atoms with Crippen LogP contribution in [0.25, 0.3) is 0 Å². The van der Waals surface area contributed by atoms with E-state index >= 15 is 0 Å². The summed E-state index contributed by atoms with van der Waals surface area (Å²) in [6.07, 6.45) is 4.86. The van der Waals surface area contributed by atoms with Crippen LogP contribution in [0.15, 0.2) is 29.2 Å². The van der Waals surface area contributed by atoms with Crippen molar-refractivity contribution in [3.63, 3.8) is 0 Å². The summed E-state index contributed by atoms with van der Waals surface area (Å²) in [6, 6.07) is 8.87. The zero-order chi connectivity index (χ0) is 13.8. The Morgan fingerprint density at radius 3 is 2.95 bits per heavy atom. The van der Waals surface area contributed by atoms with Crippen molar-refractivity contribution in [3.8, 4) is 0 Å². The van der Waals surface area contributed by atoms with Crippen LogP contribution in [-0.4, -0.2) is 24.7 Å². The molecule has 1 aromatic rings. The van der Waals surface area contributed by atoms with Gasteiger partial charge in [0.1, 0.15) is 0 Å². The van der Waals surface area contributed by atoms with E-state index in [4.69, 9.17) is 0 Å². The number of carbonyl (C=O) groups is 1. The van der Waals surface area contributed by atoms with Gasteiger partial charge in [0.15, 0.2) is 0 Å². The highest BCUT2D eigenvalue weighted by Crippen LogP contribution is 2.34. The zero-order valence-electron chi connectivity index (χ0n) is 11.7. The lowest BCUT2D eigenvalue weighted by molar-refractivity contribution is -0.120. The molecule has 4 heteroatoms. The van der Waals surface area contributed by atoms with Gasteiger partial charge in [-0.15, -0.1) is 11.8 Å². The minimum absolute atomic E-state index is 0.131. The van der Waals surface area contributed by atoms with Gasteiger partial charge >= 0.3 is 0 Å². The molecule has 1 saturated carbocycles. The Bertz CT molecular complexity index is 473. The van der Waals surface area contributed by atoms with Crippen molar-refractivity contribution in [1.29, 1.82) is 0 Å². The second-order valence-electron chi connectivity index (χ2n) is 5.71. The molecule has 1 atom stereocenters. The van der Waals surface area contributed by atoms with E-state index in [9.17, 15) is 4.79 Å². The Labute approximate surface area is 124 Å². The summed E-state index contributed by atoms with van der Waals surface area (Å²) in [5.41, 5.74) is 1.35. The summed E-state index contributed by atoms with van der Waals surface area (Å²) < 4.78 is 0. The monoisotopic (exact) mass is 290 g/mol. The van der Waals surface area contributed by atoms with Gasteiger partial charge in [0.05, 0.1) is 6.54 Å². The van der Waals surface area contributed by atoms with Gasteiger partial charge in [-0.1, -0.05) is 18.2 Å². The van der Waals surface area contributed by atoms with Crippen molar-refractivity contribution in [3.05, 3.63) is 29.8 Å². The van der Waals surface area contributed by atoms with Crippen LogP contribution in [0.2, 0.25) is 0 Å². The Balaban J connectivity index is 1.54. The van der Waals surface area contributed by atoms with Crippen LogP contribution in [0.3, 0.4) is 0 Å². The predicted molar refractivity (Wildman–Crippen MR) is 82.9 cm³/mol. The molecule has 1 unspecified atom stereocenters. The first-order valence-corrected chi connectivity index (χ1v) is 8.53. The highest BCUT2D eigenvalue weighted by atomic mass is 32.2. The molecule has 20 heavy (non-hydrogen) atoms. The molecule has 1 aliphatic heterocycles. The molecule has 0 bridgehead atoms. The van der Waals surface area contributed by atoms with E-state index < -0.39 is 0 Å². The van der Waals surface area contributed by atoms with Gasteiger partial charge in [0, 0.05) is 17.5 Å². The van der Waals surface area contributed by atoms with Gasteiger partial charge in [0.2, 0.25) is 5.91 Å². The van der Waals surface area contributed by atoms with Gasteiger partial charge in [0.25, 0.3) is 0 Å². The molecule has 2 aliphatic rings. The first-order valence-electron chi connectivity index (χ1n) is 7.55. The van der Waals surface area contributed by atoms with Crippen LogP contribution in [0.1, 0.15) is 37.3 Å². The molecule has 1 amide bonds. The number of amides is 1. The lowest BCUT2D eigenvalue weighted by Gasteiger charge is -2.18. The Morgan fingerprint density at radius 1 is 1.25 bits per heavy atom. The largest absolute Gasteiger partial charge is 0.355 e. The lowest BCUT2D eigenvalue weighted by Crippen LogP contribution is -2.36. The third-order valence-corrected chi connectivity index (χ3v) is 5.16. The average molecular weight is 290 g/mol. The van der Waals surface area contributed by atoms with Crippen LogP contribution in [0, 0.1) is 5.92 Å². The molecule has 1 heterocycles. The Kier molecular flexibility index (Phi) is 4.63. The van der Waals surface area contributed by atoms with Crippen molar-refractivity contribution in [2.24, 2.45) is 5.92 Å². The van der Waals surface area contributed by atoms with Gasteiger partial charge in [-0.25, -0.2) is 0 Å². The van der Waals surface area contributed by atoms with E-state index in [-0.39, 0.29) is 5.91 Å². The molecule has 1 aromatic carbocycles. The number of thioether (sulfide) groups is 1. The van der Waals surface area contributed by atoms with E-state index in [1.54, 1.807) is 0 Å². The molecule has 3 nitrogen and oxygen atoms in total. The van der Waals surface area contributed by atoms with Crippen molar-refractivity contribution in [2.75, 3.05) is 18.8 Å². The van der Waals surface area contributed by atoms with Crippen molar-refractivity contribution in [2.45, 2.75) is 36.6 Å². The minimum atomic E-state index is 0.131. The Hall–Kier alpha value is -1.00. The van der Waals surface area contributed by atoms with Crippen LogP contribution < -0.4 is 10.6 Å². The third kappa shape index (κ3) is 3.76. The molecule has 0 radical (unpaired) electrons. The first kappa shape index (κ1) is 14.0. The van der Waals surface area contributed by atoms with Crippen molar-refractivity contribution >= 4 is 17.7 Å². The molecular weight excluding hydrogens is 268 g/mol. The van der Waals surface area contributed by atoms with Gasteiger partial charge in [-0.2, -0.15) is 0 Å². The van der Waals surface area contributed by atoms with Crippen LogP contribution in [-0.2, 0) is 4.79 Å². The molecule has 1 aliphatic carbocycles.